The van der Waals surface area contributed by atoms with Gasteiger partial charge in [0.15, 0.2) is 6.19 Å². The van der Waals surface area contributed by atoms with Crippen LogP contribution in [0.1, 0.15) is 16.8 Å². The van der Waals surface area contributed by atoms with Gasteiger partial charge < -0.3 is 15.5 Å². The molecule has 7 nitrogen and oxygen atoms in total. The second-order valence-corrected chi connectivity index (χ2v) is 5.40. The fourth-order valence-corrected chi connectivity index (χ4v) is 2.50. The van der Waals surface area contributed by atoms with Crippen molar-refractivity contribution in [3.05, 3.63) is 48.0 Å². The molecule has 2 aromatic rings. The molecular weight excluding hydrogens is 311 g/mol. The smallest absolute Gasteiger partial charge is 0.254 e. The van der Waals surface area contributed by atoms with Crippen molar-refractivity contribution in [2.24, 2.45) is 0 Å². The molecule has 8 heteroatoms. The quantitative estimate of drug-likeness (QED) is 0.830. The fourth-order valence-electron chi connectivity index (χ4n) is 2.50. The van der Waals surface area contributed by atoms with Crippen molar-refractivity contribution in [2.45, 2.75) is 12.5 Å². The molecular formula is C16H15FN6O. The van der Waals surface area contributed by atoms with Gasteiger partial charge in [0.1, 0.15) is 5.82 Å². The molecule has 1 saturated heterocycles. The van der Waals surface area contributed by atoms with Crippen molar-refractivity contribution in [1.29, 1.82) is 5.26 Å². The summed E-state index contributed by atoms with van der Waals surface area (Å²) in [6, 6.07) is 5.75. The molecule has 1 unspecified atom stereocenters. The number of hydrogen-bond donors (Lipinski definition) is 2. The van der Waals surface area contributed by atoms with E-state index in [0.717, 1.165) is 0 Å². The Labute approximate surface area is 138 Å². The minimum absolute atomic E-state index is 0.0371. The summed E-state index contributed by atoms with van der Waals surface area (Å²) in [5, 5.41) is 14.4. The number of amides is 1. The first-order valence-corrected chi connectivity index (χ1v) is 7.45. The maximum atomic E-state index is 14.2. The van der Waals surface area contributed by atoms with Crippen molar-refractivity contribution in [3.63, 3.8) is 0 Å². The number of halogens is 1. The maximum absolute atomic E-state index is 14.2. The number of nitrogens with zero attached hydrogens (tertiary/aromatic N) is 4. The molecule has 1 amide bonds. The van der Waals surface area contributed by atoms with Gasteiger partial charge in [-0.1, -0.05) is 0 Å². The predicted molar refractivity (Wildman–Crippen MR) is 84.8 cm³/mol. The largest absolute Gasteiger partial charge is 0.347 e. The zero-order valence-corrected chi connectivity index (χ0v) is 12.7. The van der Waals surface area contributed by atoms with Crippen LogP contribution in [0.5, 0.6) is 0 Å². The Morgan fingerprint density at radius 3 is 2.83 bits per heavy atom. The van der Waals surface area contributed by atoms with E-state index in [1.807, 2.05) is 6.19 Å². The van der Waals surface area contributed by atoms with Crippen LogP contribution in [0.3, 0.4) is 0 Å². The number of anilines is 2. The van der Waals surface area contributed by atoms with Gasteiger partial charge in [-0.15, -0.1) is 0 Å². The van der Waals surface area contributed by atoms with Gasteiger partial charge in [0, 0.05) is 37.2 Å². The highest BCUT2D eigenvalue weighted by Gasteiger charge is 2.24. The van der Waals surface area contributed by atoms with E-state index >= 15 is 0 Å². The Morgan fingerprint density at radius 1 is 1.38 bits per heavy atom. The van der Waals surface area contributed by atoms with Gasteiger partial charge in [0.05, 0.1) is 5.56 Å². The normalized spacial score (nSPS) is 16.5. The Balaban J connectivity index is 1.66. The van der Waals surface area contributed by atoms with Crippen LogP contribution in [0.4, 0.5) is 16.0 Å². The number of nitrogens with one attached hydrogen (secondary N) is 2. The second kappa shape index (κ2) is 6.91. The van der Waals surface area contributed by atoms with Crippen LogP contribution in [-0.4, -0.2) is 39.9 Å². The highest BCUT2D eigenvalue weighted by molar-refractivity contribution is 5.95. The fraction of sp³-hybridized carbons (Fsp3) is 0.250. The summed E-state index contributed by atoms with van der Waals surface area (Å²) in [6.45, 7) is 1.05. The molecule has 1 atom stereocenters. The van der Waals surface area contributed by atoms with Gasteiger partial charge in [-0.3, -0.25) is 4.79 Å². The summed E-state index contributed by atoms with van der Waals surface area (Å²) in [5.74, 6) is -0.778. The van der Waals surface area contributed by atoms with E-state index in [1.54, 1.807) is 29.4 Å². The zero-order chi connectivity index (χ0) is 16.9. The van der Waals surface area contributed by atoms with Gasteiger partial charge in [0.2, 0.25) is 5.95 Å². The molecule has 0 spiro atoms. The van der Waals surface area contributed by atoms with E-state index in [1.165, 1.54) is 12.1 Å². The molecule has 2 N–H and O–H groups in total. The lowest BCUT2D eigenvalue weighted by atomic mass is 10.1. The van der Waals surface area contributed by atoms with Crippen molar-refractivity contribution < 1.29 is 9.18 Å². The van der Waals surface area contributed by atoms with E-state index in [4.69, 9.17) is 5.26 Å². The van der Waals surface area contributed by atoms with E-state index in [9.17, 15) is 9.18 Å². The lowest BCUT2D eigenvalue weighted by Crippen LogP contribution is -2.36. The summed E-state index contributed by atoms with van der Waals surface area (Å²) in [4.78, 5) is 21.7. The number of hydrogen-bond acceptors (Lipinski definition) is 6. The van der Waals surface area contributed by atoms with Crippen LogP contribution in [0.15, 0.2) is 36.7 Å². The first-order chi connectivity index (χ1) is 11.7. The van der Waals surface area contributed by atoms with Gasteiger partial charge in [0.25, 0.3) is 5.91 Å². The molecule has 0 bridgehead atoms. The van der Waals surface area contributed by atoms with Crippen LogP contribution >= 0.6 is 0 Å². The number of aromatic nitrogens is 2. The zero-order valence-electron chi connectivity index (χ0n) is 12.7. The Hall–Kier alpha value is -3.21. The molecule has 2 heterocycles. The van der Waals surface area contributed by atoms with Crippen LogP contribution in [0.2, 0.25) is 0 Å². The SMILES string of the molecule is N#CN1CCC(NC(=O)c2ccc(Nc3ncccn3)cc2F)C1. The first kappa shape index (κ1) is 15.7. The third-order valence-corrected chi connectivity index (χ3v) is 3.70. The molecule has 0 aliphatic carbocycles. The highest BCUT2D eigenvalue weighted by Crippen LogP contribution is 2.18. The van der Waals surface area contributed by atoms with Crippen molar-refractivity contribution >= 4 is 17.5 Å². The number of rotatable bonds is 4. The summed E-state index contributed by atoms with van der Waals surface area (Å²) in [5.41, 5.74) is 0.414. The summed E-state index contributed by atoms with van der Waals surface area (Å²) >= 11 is 0. The average Bonchev–Trinajstić information content (AvgIpc) is 3.03. The van der Waals surface area contributed by atoms with E-state index < -0.39 is 11.7 Å². The Bertz CT molecular complexity index is 776. The minimum atomic E-state index is -0.636. The first-order valence-electron chi connectivity index (χ1n) is 7.45. The summed E-state index contributed by atoms with van der Waals surface area (Å²) in [6.07, 6.45) is 5.85. The van der Waals surface area contributed by atoms with Crippen LogP contribution in [0.25, 0.3) is 0 Å². The third-order valence-electron chi connectivity index (χ3n) is 3.70. The molecule has 1 aromatic carbocycles. The number of carbonyl (C=O) groups is 1. The maximum Gasteiger partial charge on any atom is 0.254 e. The summed E-state index contributed by atoms with van der Waals surface area (Å²) < 4.78 is 14.2. The molecule has 1 fully saturated rings. The second-order valence-electron chi connectivity index (χ2n) is 5.40. The highest BCUT2D eigenvalue weighted by atomic mass is 19.1. The number of carbonyl (C=O) groups excluding carboxylic acids is 1. The van der Waals surface area contributed by atoms with E-state index in [0.29, 0.717) is 31.1 Å². The van der Waals surface area contributed by atoms with Crippen LogP contribution < -0.4 is 10.6 Å². The van der Waals surface area contributed by atoms with Crippen LogP contribution in [0, 0.1) is 17.3 Å². The molecule has 24 heavy (non-hydrogen) atoms. The molecule has 122 valence electrons. The van der Waals surface area contributed by atoms with E-state index in [-0.39, 0.29) is 11.6 Å². The topological polar surface area (TPSA) is 93.9 Å². The van der Waals surface area contributed by atoms with Crippen LogP contribution in [-0.2, 0) is 0 Å². The molecule has 0 radical (unpaired) electrons. The molecule has 3 rings (SSSR count). The van der Waals surface area contributed by atoms with Crippen molar-refractivity contribution in [3.8, 4) is 6.19 Å². The van der Waals surface area contributed by atoms with Gasteiger partial charge in [-0.25, -0.2) is 14.4 Å². The van der Waals surface area contributed by atoms with E-state index in [2.05, 4.69) is 20.6 Å². The molecule has 0 saturated carbocycles. The minimum Gasteiger partial charge on any atom is -0.347 e. The lowest BCUT2D eigenvalue weighted by molar-refractivity contribution is 0.0935. The predicted octanol–water partition coefficient (Wildman–Crippen LogP) is 1.64. The standard InChI is InChI=1S/C16H15FN6O/c17-14-8-11(22-16-19-5-1-6-20-16)2-3-13(14)15(24)21-12-4-7-23(9-12)10-18/h1-3,5-6,8,12H,4,7,9H2,(H,21,24)(H,19,20,22). The third kappa shape index (κ3) is 3.57. The molecule has 1 aliphatic heterocycles. The number of likely N-dealkylation sites (tertiary alicyclic amines) is 1. The van der Waals surface area contributed by atoms with Gasteiger partial charge in [-0.05, 0) is 30.7 Å². The monoisotopic (exact) mass is 326 g/mol. The van der Waals surface area contributed by atoms with Crippen molar-refractivity contribution in [2.75, 3.05) is 18.4 Å². The average molecular weight is 326 g/mol. The van der Waals surface area contributed by atoms with Crippen molar-refractivity contribution in [1.82, 2.24) is 20.2 Å². The Morgan fingerprint density at radius 2 is 2.17 bits per heavy atom. The summed E-state index contributed by atoms with van der Waals surface area (Å²) in [7, 11) is 0. The molecule has 1 aliphatic rings. The number of benzene rings is 1. The van der Waals surface area contributed by atoms with Gasteiger partial charge in [-0.2, -0.15) is 5.26 Å². The molecule has 1 aromatic heterocycles. The number of nitriles is 1. The lowest BCUT2D eigenvalue weighted by Gasteiger charge is -2.13. The Kier molecular flexibility index (Phi) is 4.52. The van der Waals surface area contributed by atoms with Gasteiger partial charge >= 0.3 is 0 Å².